The number of hydrogen-bond acceptors (Lipinski definition) is 6. The number of ether oxygens (including phenoxy) is 2. The number of aromatic nitrogens is 1. The molecule has 5 rings (SSSR count). The molecule has 3 heterocycles. The number of carbonyl (C=O) groups excluding carboxylic acids is 1. The van der Waals surface area contributed by atoms with Gasteiger partial charge in [0.25, 0.3) is 0 Å². The van der Waals surface area contributed by atoms with Crippen LogP contribution in [0, 0.1) is 13.8 Å². The van der Waals surface area contributed by atoms with Crippen molar-refractivity contribution in [2.45, 2.75) is 38.7 Å². The minimum Gasteiger partial charge on any atom is -0.497 e. The van der Waals surface area contributed by atoms with Gasteiger partial charge in [-0.05, 0) is 49.2 Å². The Morgan fingerprint density at radius 1 is 1.17 bits per heavy atom. The zero-order valence-electron chi connectivity index (χ0n) is 16.9. The van der Waals surface area contributed by atoms with Crippen LogP contribution in [-0.4, -0.2) is 36.6 Å². The van der Waals surface area contributed by atoms with Gasteiger partial charge >= 0.3 is 0 Å². The summed E-state index contributed by atoms with van der Waals surface area (Å²) in [6.07, 6.45) is 2.11. The van der Waals surface area contributed by atoms with Crippen LogP contribution in [0.1, 0.15) is 40.7 Å². The molecule has 0 aliphatic carbocycles. The van der Waals surface area contributed by atoms with E-state index >= 15 is 0 Å². The van der Waals surface area contributed by atoms with Gasteiger partial charge in [-0.25, -0.2) is 4.98 Å². The molecular weight excluding hydrogens is 384 g/mol. The molecule has 0 radical (unpaired) electrons. The van der Waals surface area contributed by atoms with E-state index in [2.05, 4.69) is 11.0 Å². The van der Waals surface area contributed by atoms with Gasteiger partial charge in [0.1, 0.15) is 17.1 Å². The second kappa shape index (κ2) is 6.73. The number of nitrogens with zero attached hydrogens (tertiary/aromatic N) is 2. The number of Topliss-reactive ketones (excluding diaryl/α,β-unsaturated/α-hetero) is 1. The van der Waals surface area contributed by atoms with Crippen molar-refractivity contribution in [3.63, 3.8) is 0 Å². The quantitative estimate of drug-likeness (QED) is 0.602. The smallest absolute Gasteiger partial charge is 0.186 e. The Hall–Kier alpha value is -2.60. The molecule has 1 fully saturated rings. The van der Waals surface area contributed by atoms with Crippen LogP contribution in [0.25, 0.3) is 10.2 Å². The van der Waals surface area contributed by atoms with Crippen LogP contribution in [0.4, 0.5) is 5.13 Å². The van der Waals surface area contributed by atoms with Crippen molar-refractivity contribution in [2.75, 3.05) is 25.1 Å². The minimum absolute atomic E-state index is 0.207. The SMILES string of the molecule is COc1ccc2nc(N3CCC4(CC3)CC(=O)c3cc(C)cc(C)c3O4)sc2c1. The molecule has 0 amide bonds. The van der Waals surface area contributed by atoms with E-state index < -0.39 is 0 Å². The predicted molar refractivity (Wildman–Crippen MR) is 116 cm³/mol. The first kappa shape index (κ1) is 18.4. The molecule has 29 heavy (non-hydrogen) atoms. The molecule has 2 aromatic carbocycles. The highest BCUT2D eigenvalue weighted by molar-refractivity contribution is 7.22. The van der Waals surface area contributed by atoms with E-state index in [9.17, 15) is 4.79 Å². The summed E-state index contributed by atoms with van der Waals surface area (Å²) in [5, 5.41) is 1.03. The Labute approximate surface area is 174 Å². The highest BCUT2D eigenvalue weighted by Crippen LogP contribution is 2.42. The lowest BCUT2D eigenvalue weighted by Gasteiger charge is -2.44. The molecule has 1 saturated heterocycles. The fourth-order valence-electron chi connectivity index (χ4n) is 4.48. The summed E-state index contributed by atoms with van der Waals surface area (Å²) in [6.45, 7) is 5.73. The first-order valence-electron chi connectivity index (χ1n) is 9.99. The number of benzene rings is 2. The van der Waals surface area contributed by atoms with Gasteiger partial charge in [-0.2, -0.15) is 0 Å². The van der Waals surface area contributed by atoms with Crippen LogP contribution in [0.2, 0.25) is 0 Å². The van der Waals surface area contributed by atoms with E-state index in [-0.39, 0.29) is 11.4 Å². The minimum atomic E-state index is -0.388. The molecule has 0 bridgehead atoms. The zero-order valence-corrected chi connectivity index (χ0v) is 17.8. The lowest BCUT2D eigenvalue weighted by atomic mass is 9.81. The molecule has 0 saturated carbocycles. The van der Waals surface area contributed by atoms with Crippen molar-refractivity contribution < 1.29 is 14.3 Å². The van der Waals surface area contributed by atoms with Crippen molar-refractivity contribution in [2.24, 2.45) is 0 Å². The van der Waals surface area contributed by atoms with Gasteiger partial charge in [-0.15, -0.1) is 0 Å². The van der Waals surface area contributed by atoms with Crippen LogP contribution in [-0.2, 0) is 0 Å². The standard InChI is InChI=1S/C23H24N2O3S/c1-14-10-15(2)21-17(11-14)19(26)13-23(28-21)6-8-25(9-7-23)22-24-18-5-4-16(27-3)12-20(18)29-22/h4-5,10-12H,6-9,13H2,1-3H3. The summed E-state index contributed by atoms with van der Waals surface area (Å²) in [5.41, 5.74) is 3.51. The van der Waals surface area contributed by atoms with Gasteiger partial charge in [0.15, 0.2) is 10.9 Å². The molecule has 0 N–H and O–H groups in total. The van der Waals surface area contributed by atoms with Gasteiger partial charge < -0.3 is 14.4 Å². The average molecular weight is 409 g/mol. The van der Waals surface area contributed by atoms with E-state index in [1.54, 1.807) is 18.4 Å². The van der Waals surface area contributed by atoms with Gasteiger partial charge in [0, 0.05) is 25.9 Å². The van der Waals surface area contributed by atoms with Crippen LogP contribution >= 0.6 is 11.3 Å². The van der Waals surface area contributed by atoms with Crippen molar-refractivity contribution in [3.8, 4) is 11.5 Å². The largest absolute Gasteiger partial charge is 0.497 e. The third-order valence-corrected chi connectivity index (χ3v) is 7.13. The van der Waals surface area contributed by atoms with E-state index in [1.165, 1.54) is 0 Å². The van der Waals surface area contributed by atoms with Crippen molar-refractivity contribution >= 4 is 32.5 Å². The lowest BCUT2D eigenvalue weighted by Crippen LogP contribution is -2.51. The van der Waals surface area contributed by atoms with Crippen LogP contribution in [0.5, 0.6) is 11.5 Å². The third-order valence-electron chi connectivity index (χ3n) is 6.05. The Bertz CT molecular complexity index is 1110. The number of methoxy groups -OCH3 is 1. The number of ketones is 1. The lowest BCUT2D eigenvalue weighted by molar-refractivity contribution is 0.0226. The first-order valence-corrected chi connectivity index (χ1v) is 10.8. The Morgan fingerprint density at radius 3 is 2.72 bits per heavy atom. The number of fused-ring (bicyclic) bond motifs is 2. The molecule has 5 nitrogen and oxygen atoms in total. The number of thiazole rings is 1. The van der Waals surface area contributed by atoms with Crippen molar-refractivity contribution in [1.29, 1.82) is 0 Å². The maximum Gasteiger partial charge on any atom is 0.186 e. The maximum absolute atomic E-state index is 12.9. The summed E-state index contributed by atoms with van der Waals surface area (Å²) in [6, 6.07) is 10.0. The van der Waals surface area contributed by atoms with E-state index in [0.29, 0.717) is 6.42 Å². The summed E-state index contributed by atoms with van der Waals surface area (Å²) in [4.78, 5) is 20.0. The first-order chi connectivity index (χ1) is 14.0. The van der Waals surface area contributed by atoms with Crippen molar-refractivity contribution in [3.05, 3.63) is 47.0 Å². The van der Waals surface area contributed by atoms with Gasteiger partial charge in [-0.3, -0.25) is 4.79 Å². The van der Waals surface area contributed by atoms with Crippen LogP contribution < -0.4 is 14.4 Å². The Morgan fingerprint density at radius 2 is 1.97 bits per heavy atom. The summed E-state index contributed by atoms with van der Waals surface area (Å²) < 4.78 is 13.0. The molecule has 1 spiro atoms. The third kappa shape index (κ3) is 3.15. The molecule has 6 heteroatoms. The molecular formula is C23H24N2O3S. The number of piperidine rings is 1. The Kier molecular flexibility index (Phi) is 4.28. The molecule has 0 unspecified atom stereocenters. The second-order valence-electron chi connectivity index (χ2n) is 8.16. The van der Waals surface area contributed by atoms with E-state index in [0.717, 1.165) is 69.5 Å². The van der Waals surface area contributed by atoms with Gasteiger partial charge in [0.2, 0.25) is 0 Å². The number of aryl methyl sites for hydroxylation is 2. The van der Waals surface area contributed by atoms with Crippen molar-refractivity contribution in [1.82, 2.24) is 4.98 Å². The summed E-state index contributed by atoms with van der Waals surface area (Å²) in [7, 11) is 1.68. The summed E-state index contributed by atoms with van der Waals surface area (Å²) >= 11 is 1.69. The summed E-state index contributed by atoms with van der Waals surface area (Å²) in [5.74, 6) is 1.84. The van der Waals surface area contributed by atoms with E-state index in [1.807, 2.05) is 38.1 Å². The van der Waals surface area contributed by atoms with E-state index in [4.69, 9.17) is 14.5 Å². The molecule has 3 aromatic rings. The fourth-order valence-corrected chi connectivity index (χ4v) is 5.52. The molecule has 0 atom stereocenters. The number of rotatable bonds is 2. The van der Waals surface area contributed by atoms with Gasteiger partial charge in [0.05, 0.1) is 29.3 Å². The van der Waals surface area contributed by atoms with Crippen LogP contribution in [0.15, 0.2) is 30.3 Å². The fraction of sp³-hybridized carbons (Fsp3) is 0.391. The molecule has 2 aliphatic heterocycles. The van der Waals surface area contributed by atoms with Gasteiger partial charge in [-0.1, -0.05) is 17.4 Å². The maximum atomic E-state index is 12.9. The number of carbonyl (C=O) groups is 1. The number of hydrogen-bond donors (Lipinski definition) is 0. The molecule has 150 valence electrons. The van der Waals surface area contributed by atoms with Crippen LogP contribution in [0.3, 0.4) is 0 Å². The normalized spacial score (nSPS) is 18.0. The second-order valence-corrected chi connectivity index (χ2v) is 9.17. The highest BCUT2D eigenvalue weighted by Gasteiger charge is 2.43. The highest BCUT2D eigenvalue weighted by atomic mass is 32.1. The number of anilines is 1. The molecule has 1 aromatic heterocycles. The monoisotopic (exact) mass is 408 g/mol. The average Bonchev–Trinajstić information content (AvgIpc) is 3.13. The predicted octanol–water partition coefficient (Wildman–Crippen LogP) is 4.93. The topological polar surface area (TPSA) is 51.7 Å². The zero-order chi connectivity index (χ0) is 20.2. The molecule has 2 aliphatic rings. The Balaban J connectivity index is 1.37.